The van der Waals surface area contributed by atoms with Crippen molar-refractivity contribution in [3.63, 3.8) is 0 Å². The first kappa shape index (κ1) is 21.9. The third kappa shape index (κ3) is 4.52. The number of rotatable bonds is 8. The van der Waals surface area contributed by atoms with Gasteiger partial charge in [-0.3, -0.25) is 4.79 Å². The number of hydrogen-bond donors (Lipinski definition) is 2. The van der Waals surface area contributed by atoms with Crippen molar-refractivity contribution in [1.82, 2.24) is 0 Å². The van der Waals surface area contributed by atoms with Gasteiger partial charge in [-0.1, -0.05) is 0 Å². The number of ketones is 1. The first-order valence-electron chi connectivity index (χ1n) is 8.83. The Bertz CT molecular complexity index is 804. The van der Waals surface area contributed by atoms with Crippen LogP contribution in [0, 0.1) is 23.3 Å². The van der Waals surface area contributed by atoms with E-state index in [2.05, 4.69) is 10.1 Å². The second-order valence-corrected chi connectivity index (χ2v) is 6.77. The van der Waals surface area contributed by atoms with Gasteiger partial charge in [-0.05, 0) is 45.6 Å². The summed E-state index contributed by atoms with van der Waals surface area (Å²) < 4.78 is 60.9. The zero-order valence-electron chi connectivity index (χ0n) is 15.5. The summed E-state index contributed by atoms with van der Waals surface area (Å²) in [7, 11) is 0. The fourth-order valence-electron chi connectivity index (χ4n) is 3.21. The molecule has 1 aromatic rings. The fourth-order valence-corrected chi connectivity index (χ4v) is 3.21. The Balaban J connectivity index is 2.49. The van der Waals surface area contributed by atoms with Gasteiger partial charge >= 0.3 is 5.97 Å². The van der Waals surface area contributed by atoms with Gasteiger partial charge in [-0.15, -0.1) is 0 Å². The van der Waals surface area contributed by atoms with Gasteiger partial charge in [0.05, 0.1) is 24.0 Å². The van der Waals surface area contributed by atoms with Crippen LogP contribution in [0.5, 0.6) is 0 Å². The van der Waals surface area contributed by atoms with Gasteiger partial charge in [-0.2, -0.15) is 0 Å². The van der Waals surface area contributed by atoms with Gasteiger partial charge in [0.25, 0.3) is 0 Å². The number of nitrogens with one attached hydrogen (secondary N) is 1. The van der Waals surface area contributed by atoms with E-state index in [0.717, 1.165) is 6.42 Å². The van der Waals surface area contributed by atoms with E-state index in [4.69, 9.17) is 0 Å². The Kier molecular flexibility index (Phi) is 6.82. The average molecular weight is 403 g/mol. The molecule has 0 radical (unpaired) electrons. The number of aliphatic hydroxyl groups is 1. The Hall–Kier alpha value is -2.42. The van der Waals surface area contributed by atoms with Crippen LogP contribution in [0.3, 0.4) is 0 Å². The number of esters is 1. The Morgan fingerprint density at radius 3 is 2.25 bits per heavy atom. The molecule has 0 aromatic heterocycles. The largest absolute Gasteiger partial charge is 0.463 e. The smallest absolute Gasteiger partial charge is 0.330 e. The molecular weight excluding hydrogens is 382 g/mol. The number of carbonyl (C=O) groups excluding carboxylic acids is 2. The standard InChI is InChI=1S/C19H21F4NO4/c1-3-28-12(27)6-5-11(26)13-14(20)15(21)16(22)17(23)18(13)24-19(7-4-8-19)9-10(2)25/h5-6,10,24-25H,3-4,7-9H2,1-2H3/b6-5+. The number of hydrogen-bond acceptors (Lipinski definition) is 5. The molecule has 2 N–H and O–H groups in total. The fraction of sp³-hybridized carbons (Fsp3) is 0.474. The minimum absolute atomic E-state index is 0.0280. The summed E-state index contributed by atoms with van der Waals surface area (Å²) in [5.41, 5.74) is -2.78. The molecule has 0 spiro atoms. The zero-order chi connectivity index (χ0) is 21.1. The number of allylic oxidation sites excluding steroid dienone is 1. The first-order valence-corrected chi connectivity index (χ1v) is 8.83. The van der Waals surface area contributed by atoms with Crippen molar-refractivity contribution in [2.45, 2.75) is 51.2 Å². The lowest BCUT2D eigenvalue weighted by atomic mass is 9.73. The Labute approximate surface area is 159 Å². The van der Waals surface area contributed by atoms with E-state index in [1.54, 1.807) is 0 Å². The topological polar surface area (TPSA) is 75.6 Å². The molecule has 0 heterocycles. The number of ether oxygens (including phenoxy) is 1. The van der Waals surface area contributed by atoms with Crippen LogP contribution in [-0.4, -0.2) is 35.1 Å². The number of anilines is 1. The van der Waals surface area contributed by atoms with Crippen molar-refractivity contribution in [1.29, 1.82) is 0 Å². The highest BCUT2D eigenvalue weighted by Crippen LogP contribution is 2.41. The van der Waals surface area contributed by atoms with Crippen LogP contribution in [0.25, 0.3) is 0 Å². The molecule has 1 fully saturated rings. The van der Waals surface area contributed by atoms with E-state index in [1.165, 1.54) is 13.8 Å². The first-order chi connectivity index (χ1) is 13.1. The van der Waals surface area contributed by atoms with Gasteiger partial charge in [0.15, 0.2) is 29.1 Å². The quantitative estimate of drug-likeness (QED) is 0.173. The lowest BCUT2D eigenvalue weighted by molar-refractivity contribution is -0.137. The van der Waals surface area contributed by atoms with Gasteiger partial charge in [0.1, 0.15) is 0 Å². The van der Waals surface area contributed by atoms with Crippen molar-refractivity contribution in [3.05, 3.63) is 41.0 Å². The summed E-state index contributed by atoms with van der Waals surface area (Å²) in [5.74, 6) is -9.95. The Morgan fingerprint density at radius 1 is 1.14 bits per heavy atom. The van der Waals surface area contributed by atoms with E-state index in [1.807, 2.05) is 0 Å². The van der Waals surface area contributed by atoms with Crippen molar-refractivity contribution >= 4 is 17.4 Å². The molecule has 154 valence electrons. The summed E-state index contributed by atoms with van der Waals surface area (Å²) in [6.45, 7) is 3.05. The lowest BCUT2D eigenvalue weighted by Crippen LogP contribution is -2.47. The Morgan fingerprint density at radius 2 is 1.75 bits per heavy atom. The number of aliphatic hydroxyl groups excluding tert-OH is 1. The predicted molar refractivity (Wildman–Crippen MR) is 92.9 cm³/mol. The molecule has 5 nitrogen and oxygen atoms in total. The molecule has 1 atom stereocenters. The monoisotopic (exact) mass is 403 g/mol. The second-order valence-electron chi connectivity index (χ2n) is 6.77. The normalized spacial score (nSPS) is 16.5. The maximum atomic E-state index is 14.4. The third-order valence-corrected chi connectivity index (χ3v) is 4.56. The average Bonchev–Trinajstić information content (AvgIpc) is 2.60. The van der Waals surface area contributed by atoms with Crippen LogP contribution in [0.15, 0.2) is 12.2 Å². The molecular formula is C19H21F4NO4. The highest BCUT2D eigenvalue weighted by Gasteiger charge is 2.40. The summed E-state index contributed by atoms with van der Waals surface area (Å²) in [6.07, 6.45) is 2.27. The minimum atomic E-state index is -2.13. The highest BCUT2D eigenvalue weighted by molar-refractivity contribution is 6.10. The van der Waals surface area contributed by atoms with Crippen molar-refractivity contribution < 1.29 is 37.0 Å². The highest BCUT2D eigenvalue weighted by atomic mass is 19.2. The molecule has 28 heavy (non-hydrogen) atoms. The van der Waals surface area contributed by atoms with Gasteiger partial charge < -0.3 is 15.2 Å². The molecule has 1 aliphatic rings. The van der Waals surface area contributed by atoms with E-state index in [9.17, 15) is 32.3 Å². The number of halogens is 4. The van der Waals surface area contributed by atoms with Crippen LogP contribution < -0.4 is 5.32 Å². The second kappa shape index (κ2) is 8.72. The molecule has 2 rings (SSSR count). The lowest BCUT2D eigenvalue weighted by Gasteiger charge is -2.44. The van der Waals surface area contributed by atoms with Gasteiger partial charge in [0, 0.05) is 11.6 Å². The molecule has 0 saturated heterocycles. The summed E-state index contributed by atoms with van der Waals surface area (Å²) in [5, 5.41) is 12.3. The number of benzene rings is 1. The molecule has 9 heteroatoms. The van der Waals surface area contributed by atoms with Crippen LogP contribution in [-0.2, 0) is 9.53 Å². The van der Waals surface area contributed by atoms with Crippen molar-refractivity contribution in [2.24, 2.45) is 0 Å². The van der Waals surface area contributed by atoms with E-state index in [-0.39, 0.29) is 13.0 Å². The summed E-state index contributed by atoms with van der Waals surface area (Å²) >= 11 is 0. The minimum Gasteiger partial charge on any atom is -0.463 e. The summed E-state index contributed by atoms with van der Waals surface area (Å²) in [6, 6.07) is 0. The third-order valence-electron chi connectivity index (χ3n) is 4.56. The SMILES string of the molecule is CCOC(=O)/C=C/C(=O)c1c(F)c(F)c(F)c(F)c1NC1(CC(C)O)CCC1. The molecule has 0 amide bonds. The van der Waals surface area contributed by atoms with E-state index >= 15 is 0 Å². The van der Waals surface area contributed by atoms with E-state index < -0.39 is 57.9 Å². The molecule has 1 aliphatic carbocycles. The summed E-state index contributed by atoms with van der Waals surface area (Å²) in [4.78, 5) is 23.7. The zero-order valence-corrected chi connectivity index (χ0v) is 15.5. The van der Waals surface area contributed by atoms with Gasteiger partial charge in [0.2, 0.25) is 0 Å². The molecule has 1 unspecified atom stereocenters. The molecule has 0 bridgehead atoms. The maximum absolute atomic E-state index is 14.4. The number of carbonyl (C=O) groups is 2. The van der Waals surface area contributed by atoms with Crippen molar-refractivity contribution in [2.75, 3.05) is 11.9 Å². The van der Waals surface area contributed by atoms with Crippen LogP contribution in [0.4, 0.5) is 23.2 Å². The van der Waals surface area contributed by atoms with Crippen LogP contribution in [0.1, 0.15) is 49.9 Å². The predicted octanol–water partition coefficient (Wildman–Crippen LogP) is 3.65. The molecule has 0 aliphatic heterocycles. The maximum Gasteiger partial charge on any atom is 0.330 e. The van der Waals surface area contributed by atoms with Crippen molar-refractivity contribution in [3.8, 4) is 0 Å². The van der Waals surface area contributed by atoms with Crippen LogP contribution in [0.2, 0.25) is 0 Å². The molecule has 1 saturated carbocycles. The molecule has 1 aromatic carbocycles. The van der Waals surface area contributed by atoms with Gasteiger partial charge in [-0.25, -0.2) is 22.4 Å². The van der Waals surface area contributed by atoms with E-state index in [0.29, 0.717) is 25.0 Å². The van der Waals surface area contributed by atoms with Crippen LogP contribution >= 0.6 is 0 Å².